The highest BCUT2D eigenvalue weighted by Crippen LogP contribution is 2.28. The van der Waals surface area contributed by atoms with E-state index in [-0.39, 0.29) is 12.5 Å². The minimum Gasteiger partial charge on any atom is -0.497 e. The molecule has 0 heterocycles. The molecule has 7 heteroatoms. The number of ether oxygens (including phenoxy) is 3. The second-order valence-electron chi connectivity index (χ2n) is 6.75. The first kappa shape index (κ1) is 22.5. The predicted octanol–water partition coefficient (Wildman–Crippen LogP) is 4.66. The summed E-state index contributed by atoms with van der Waals surface area (Å²) in [5.74, 6) is 1.59. The number of hydrogen-bond donors (Lipinski definition) is 2. The van der Waals surface area contributed by atoms with Crippen LogP contribution in [0.4, 0.5) is 5.69 Å². The van der Waals surface area contributed by atoms with E-state index in [1.54, 1.807) is 44.6 Å². The molecule has 0 aliphatic carbocycles. The molecule has 1 amide bonds. The topological polar surface area (TPSA) is 68.8 Å². The van der Waals surface area contributed by atoms with Crippen molar-refractivity contribution in [1.29, 1.82) is 0 Å². The molecular formula is C24H25ClN2O4. The molecule has 0 radical (unpaired) electrons. The molecule has 0 aliphatic rings. The minimum absolute atomic E-state index is 0.156. The van der Waals surface area contributed by atoms with Gasteiger partial charge >= 0.3 is 0 Å². The van der Waals surface area contributed by atoms with E-state index in [0.717, 1.165) is 23.4 Å². The molecule has 3 rings (SSSR count). The van der Waals surface area contributed by atoms with Gasteiger partial charge in [-0.1, -0.05) is 41.9 Å². The van der Waals surface area contributed by atoms with Crippen LogP contribution in [0.5, 0.6) is 17.2 Å². The zero-order valence-corrected chi connectivity index (χ0v) is 18.2. The van der Waals surface area contributed by atoms with E-state index in [4.69, 9.17) is 25.8 Å². The van der Waals surface area contributed by atoms with E-state index in [1.165, 1.54) is 0 Å². The summed E-state index contributed by atoms with van der Waals surface area (Å²) in [5, 5.41) is 6.59. The number of carbonyl (C=O) groups is 1. The molecule has 0 unspecified atom stereocenters. The average Bonchev–Trinajstić information content (AvgIpc) is 2.80. The van der Waals surface area contributed by atoms with Crippen molar-refractivity contribution in [2.45, 2.75) is 13.1 Å². The van der Waals surface area contributed by atoms with Gasteiger partial charge in [0.15, 0.2) is 18.1 Å². The zero-order chi connectivity index (χ0) is 22.1. The molecule has 3 aromatic rings. The monoisotopic (exact) mass is 440 g/mol. The number of halogens is 1. The average molecular weight is 441 g/mol. The van der Waals surface area contributed by atoms with Crippen LogP contribution in [0.25, 0.3) is 0 Å². The summed E-state index contributed by atoms with van der Waals surface area (Å²) < 4.78 is 16.2. The Morgan fingerprint density at radius 2 is 1.58 bits per heavy atom. The van der Waals surface area contributed by atoms with Gasteiger partial charge in [0.05, 0.1) is 24.9 Å². The molecule has 0 saturated heterocycles. The zero-order valence-electron chi connectivity index (χ0n) is 17.5. The van der Waals surface area contributed by atoms with Crippen LogP contribution in [0.15, 0.2) is 66.7 Å². The quantitative estimate of drug-likeness (QED) is 0.479. The molecular weight excluding hydrogens is 416 g/mol. The van der Waals surface area contributed by atoms with E-state index in [1.807, 2.05) is 36.4 Å². The molecule has 2 N–H and O–H groups in total. The number of carbonyl (C=O) groups excluding carboxylic acids is 1. The lowest BCUT2D eigenvalue weighted by Gasteiger charge is -2.13. The Hall–Kier alpha value is -3.22. The Labute approximate surface area is 187 Å². The number of nitrogens with one attached hydrogen (secondary N) is 2. The normalized spacial score (nSPS) is 10.4. The first-order valence-electron chi connectivity index (χ1n) is 9.77. The third-order valence-electron chi connectivity index (χ3n) is 4.55. The van der Waals surface area contributed by atoms with Crippen molar-refractivity contribution in [1.82, 2.24) is 5.32 Å². The van der Waals surface area contributed by atoms with Crippen molar-refractivity contribution < 1.29 is 19.0 Å². The van der Waals surface area contributed by atoms with Gasteiger partial charge in [0.1, 0.15) is 5.75 Å². The smallest absolute Gasteiger partial charge is 0.262 e. The summed E-state index contributed by atoms with van der Waals surface area (Å²) in [4.78, 5) is 12.2. The lowest BCUT2D eigenvalue weighted by atomic mass is 10.2. The van der Waals surface area contributed by atoms with Crippen LogP contribution in [0, 0.1) is 0 Å². The fraction of sp³-hybridized carbons (Fsp3) is 0.208. The molecule has 6 nitrogen and oxygen atoms in total. The summed E-state index contributed by atoms with van der Waals surface area (Å²) in [6, 6.07) is 20.6. The van der Waals surface area contributed by atoms with Gasteiger partial charge < -0.3 is 24.8 Å². The van der Waals surface area contributed by atoms with Gasteiger partial charge in [-0.25, -0.2) is 0 Å². The van der Waals surface area contributed by atoms with Crippen molar-refractivity contribution in [3.8, 4) is 17.2 Å². The Kier molecular flexibility index (Phi) is 8.15. The first-order valence-corrected chi connectivity index (χ1v) is 10.1. The Bertz CT molecular complexity index is 1010. The van der Waals surface area contributed by atoms with E-state index in [9.17, 15) is 4.79 Å². The number of benzene rings is 3. The molecule has 0 aromatic heterocycles. The van der Waals surface area contributed by atoms with Crippen LogP contribution >= 0.6 is 11.6 Å². The molecule has 0 bridgehead atoms. The van der Waals surface area contributed by atoms with Crippen LogP contribution < -0.4 is 24.8 Å². The van der Waals surface area contributed by atoms with Crippen molar-refractivity contribution >= 4 is 23.2 Å². The standard InChI is InChI=1S/C24H25ClN2O4/c1-29-19-10-7-17(8-11-19)14-26-15-18-9-12-22(23(13-18)30-2)31-16-24(28)27-21-6-4-3-5-20(21)25/h3-13,26H,14-16H2,1-2H3,(H,27,28). The van der Waals surface area contributed by atoms with E-state index >= 15 is 0 Å². The van der Waals surface area contributed by atoms with Crippen molar-refractivity contribution in [2.75, 3.05) is 26.1 Å². The molecule has 31 heavy (non-hydrogen) atoms. The Morgan fingerprint density at radius 3 is 2.29 bits per heavy atom. The molecule has 3 aromatic carbocycles. The SMILES string of the molecule is COc1ccc(CNCc2ccc(OCC(=O)Nc3ccccc3Cl)c(OC)c2)cc1. The molecule has 0 spiro atoms. The fourth-order valence-corrected chi connectivity index (χ4v) is 3.11. The molecule has 0 atom stereocenters. The third-order valence-corrected chi connectivity index (χ3v) is 4.88. The largest absolute Gasteiger partial charge is 0.497 e. The lowest BCUT2D eigenvalue weighted by Crippen LogP contribution is -2.20. The second-order valence-corrected chi connectivity index (χ2v) is 7.16. The second kappa shape index (κ2) is 11.2. The van der Waals surface area contributed by atoms with E-state index in [2.05, 4.69) is 10.6 Å². The van der Waals surface area contributed by atoms with Gasteiger partial charge in [0.2, 0.25) is 0 Å². The number of methoxy groups -OCH3 is 2. The van der Waals surface area contributed by atoms with E-state index < -0.39 is 0 Å². The van der Waals surface area contributed by atoms with Crippen LogP contribution in [-0.4, -0.2) is 26.7 Å². The van der Waals surface area contributed by atoms with Gasteiger partial charge in [-0.2, -0.15) is 0 Å². The van der Waals surface area contributed by atoms with Crippen molar-refractivity contribution in [3.05, 3.63) is 82.9 Å². The van der Waals surface area contributed by atoms with Crippen LogP contribution in [0.2, 0.25) is 5.02 Å². The van der Waals surface area contributed by atoms with Gasteiger partial charge in [0, 0.05) is 13.1 Å². The van der Waals surface area contributed by atoms with E-state index in [0.29, 0.717) is 28.8 Å². The molecule has 0 saturated carbocycles. The van der Waals surface area contributed by atoms with Crippen molar-refractivity contribution in [2.24, 2.45) is 0 Å². The highest BCUT2D eigenvalue weighted by Gasteiger charge is 2.10. The van der Waals surface area contributed by atoms with Gasteiger partial charge in [0.25, 0.3) is 5.91 Å². The number of hydrogen-bond acceptors (Lipinski definition) is 5. The number of rotatable bonds is 10. The number of anilines is 1. The Morgan fingerprint density at radius 1 is 0.871 bits per heavy atom. The third kappa shape index (κ3) is 6.64. The summed E-state index contributed by atoms with van der Waals surface area (Å²) in [6.07, 6.45) is 0. The maximum absolute atomic E-state index is 12.2. The van der Waals surface area contributed by atoms with Crippen LogP contribution in [-0.2, 0) is 17.9 Å². The lowest BCUT2D eigenvalue weighted by molar-refractivity contribution is -0.118. The summed E-state index contributed by atoms with van der Waals surface area (Å²) in [5.41, 5.74) is 2.75. The van der Waals surface area contributed by atoms with Crippen LogP contribution in [0.1, 0.15) is 11.1 Å². The highest BCUT2D eigenvalue weighted by atomic mass is 35.5. The predicted molar refractivity (Wildman–Crippen MR) is 122 cm³/mol. The Balaban J connectivity index is 1.51. The minimum atomic E-state index is -0.305. The maximum Gasteiger partial charge on any atom is 0.262 e. The molecule has 0 aliphatic heterocycles. The molecule has 0 fully saturated rings. The number of para-hydroxylation sites is 1. The summed E-state index contributed by atoms with van der Waals surface area (Å²) in [7, 11) is 3.22. The van der Waals surface area contributed by atoms with Gasteiger partial charge in [-0.05, 0) is 47.5 Å². The molecule has 162 valence electrons. The van der Waals surface area contributed by atoms with Gasteiger partial charge in [-0.15, -0.1) is 0 Å². The maximum atomic E-state index is 12.2. The summed E-state index contributed by atoms with van der Waals surface area (Å²) >= 11 is 6.06. The van der Waals surface area contributed by atoms with Crippen LogP contribution in [0.3, 0.4) is 0 Å². The first-order chi connectivity index (χ1) is 15.1. The highest BCUT2D eigenvalue weighted by molar-refractivity contribution is 6.33. The van der Waals surface area contributed by atoms with Crippen molar-refractivity contribution in [3.63, 3.8) is 0 Å². The van der Waals surface area contributed by atoms with Gasteiger partial charge in [-0.3, -0.25) is 4.79 Å². The summed E-state index contributed by atoms with van der Waals surface area (Å²) in [6.45, 7) is 1.24. The number of amides is 1. The fourth-order valence-electron chi connectivity index (χ4n) is 2.93.